The van der Waals surface area contributed by atoms with Crippen LogP contribution in [0.15, 0.2) is 18.2 Å². The van der Waals surface area contributed by atoms with Crippen molar-refractivity contribution in [2.24, 2.45) is 0 Å². The smallest absolute Gasteiger partial charge is 0.405 e. The molecule has 0 saturated heterocycles. The van der Waals surface area contributed by atoms with Crippen molar-refractivity contribution < 1.29 is 27.8 Å². The number of halogens is 4. The third-order valence-electron chi connectivity index (χ3n) is 2.16. The van der Waals surface area contributed by atoms with Crippen molar-refractivity contribution in [1.82, 2.24) is 0 Å². The molecule has 18 heavy (non-hydrogen) atoms. The third kappa shape index (κ3) is 3.61. The summed E-state index contributed by atoms with van der Waals surface area (Å²) in [7, 11) is 0. The minimum atomic E-state index is -4.89. The fourth-order valence-corrected chi connectivity index (χ4v) is 1.68. The molecule has 3 nitrogen and oxygen atoms in total. The number of aliphatic hydroxyl groups excluding tert-OH is 1. The Labute approximate surface area is 106 Å². The van der Waals surface area contributed by atoms with Crippen LogP contribution in [0.25, 0.3) is 0 Å². The van der Waals surface area contributed by atoms with Crippen LogP contribution in [0.3, 0.4) is 0 Å². The van der Waals surface area contributed by atoms with Crippen molar-refractivity contribution in [2.45, 2.75) is 25.3 Å². The summed E-state index contributed by atoms with van der Waals surface area (Å²) in [5.41, 5.74) is -0.0431. The van der Waals surface area contributed by atoms with Crippen LogP contribution in [0.4, 0.5) is 13.2 Å². The van der Waals surface area contributed by atoms with Crippen LogP contribution in [0, 0.1) is 0 Å². The van der Waals surface area contributed by atoms with E-state index in [1.807, 2.05) is 0 Å². The van der Waals surface area contributed by atoms with Crippen LogP contribution in [0.5, 0.6) is 5.75 Å². The number of alkyl halides is 4. The molecule has 1 aromatic carbocycles. The quantitative estimate of drug-likeness (QED) is 0.864. The summed E-state index contributed by atoms with van der Waals surface area (Å²) < 4.78 is 40.4. The highest BCUT2D eigenvalue weighted by Crippen LogP contribution is 2.36. The van der Waals surface area contributed by atoms with Gasteiger partial charge in [-0.1, -0.05) is 12.1 Å². The molecule has 1 aromatic rings. The fourth-order valence-electron chi connectivity index (χ4n) is 1.43. The van der Waals surface area contributed by atoms with Crippen LogP contribution in [0.2, 0.25) is 0 Å². The van der Waals surface area contributed by atoms with Crippen LogP contribution in [-0.4, -0.2) is 17.3 Å². The summed E-state index contributed by atoms with van der Waals surface area (Å²) in [4.78, 5) is 11.2. The standard InChI is InChI=1S/C11H10ClF3O3/c1-6(17)10(12)9-7(5-16)3-2-4-8(9)18-11(13,14)15/h2-4,10,16H,5H2,1H3. The lowest BCUT2D eigenvalue weighted by Crippen LogP contribution is -2.19. The van der Waals surface area contributed by atoms with Crippen molar-refractivity contribution in [3.05, 3.63) is 29.3 Å². The zero-order valence-electron chi connectivity index (χ0n) is 9.29. The minimum Gasteiger partial charge on any atom is -0.405 e. The average molecular weight is 283 g/mol. The van der Waals surface area contributed by atoms with E-state index in [1.165, 1.54) is 12.1 Å². The molecule has 7 heteroatoms. The summed E-state index contributed by atoms with van der Waals surface area (Å²) in [6.45, 7) is 0.601. The molecule has 0 aromatic heterocycles. The van der Waals surface area contributed by atoms with E-state index in [0.29, 0.717) is 0 Å². The molecule has 0 spiro atoms. The van der Waals surface area contributed by atoms with Gasteiger partial charge in [0.2, 0.25) is 0 Å². The molecule has 0 radical (unpaired) electrons. The van der Waals surface area contributed by atoms with Crippen molar-refractivity contribution in [3.63, 3.8) is 0 Å². The second kappa shape index (κ2) is 5.58. The first-order valence-corrected chi connectivity index (χ1v) is 5.33. The van der Waals surface area contributed by atoms with Crippen molar-refractivity contribution >= 4 is 17.4 Å². The van der Waals surface area contributed by atoms with Gasteiger partial charge < -0.3 is 9.84 Å². The van der Waals surface area contributed by atoms with E-state index in [9.17, 15) is 18.0 Å². The highest BCUT2D eigenvalue weighted by molar-refractivity contribution is 6.31. The Morgan fingerprint density at radius 2 is 2.11 bits per heavy atom. The van der Waals surface area contributed by atoms with Gasteiger partial charge in [0.1, 0.15) is 11.1 Å². The van der Waals surface area contributed by atoms with Gasteiger partial charge in [-0.25, -0.2) is 0 Å². The molecular weight excluding hydrogens is 273 g/mol. The molecule has 1 rings (SSSR count). The number of hydrogen-bond acceptors (Lipinski definition) is 3. The molecular formula is C11H10ClF3O3. The number of benzene rings is 1. The first kappa shape index (κ1) is 14.8. The zero-order chi connectivity index (χ0) is 13.9. The van der Waals surface area contributed by atoms with Gasteiger partial charge in [0, 0.05) is 5.56 Å². The Hall–Kier alpha value is -1.27. The molecule has 1 N–H and O–H groups in total. The second-order valence-electron chi connectivity index (χ2n) is 3.51. The molecule has 0 aliphatic heterocycles. The Morgan fingerprint density at radius 3 is 2.56 bits per heavy atom. The van der Waals surface area contributed by atoms with E-state index >= 15 is 0 Å². The van der Waals surface area contributed by atoms with Crippen LogP contribution < -0.4 is 4.74 Å². The lowest BCUT2D eigenvalue weighted by molar-refractivity contribution is -0.275. The van der Waals surface area contributed by atoms with Gasteiger partial charge in [-0.15, -0.1) is 24.8 Å². The van der Waals surface area contributed by atoms with E-state index in [4.69, 9.17) is 16.7 Å². The average Bonchev–Trinajstić information content (AvgIpc) is 2.25. The van der Waals surface area contributed by atoms with Gasteiger partial charge >= 0.3 is 6.36 Å². The number of carbonyl (C=O) groups is 1. The number of carbonyl (C=O) groups excluding carboxylic acids is 1. The summed E-state index contributed by atoms with van der Waals surface area (Å²) in [5.74, 6) is -1.12. The summed E-state index contributed by atoms with van der Waals surface area (Å²) in [6, 6.07) is 3.69. The molecule has 0 heterocycles. The number of ether oxygens (including phenoxy) is 1. The maximum atomic E-state index is 12.2. The highest BCUT2D eigenvalue weighted by Gasteiger charge is 2.34. The van der Waals surface area contributed by atoms with Crippen LogP contribution in [-0.2, 0) is 11.4 Å². The lowest BCUT2D eigenvalue weighted by Gasteiger charge is -2.18. The number of aliphatic hydroxyl groups is 1. The molecule has 0 aliphatic rings. The Bertz CT molecular complexity index is 446. The molecule has 0 bridgehead atoms. The van der Waals surface area contributed by atoms with Crippen molar-refractivity contribution in [3.8, 4) is 5.75 Å². The van der Waals surface area contributed by atoms with Gasteiger partial charge in [-0.2, -0.15) is 0 Å². The first-order valence-electron chi connectivity index (χ1n) is 4.89. The molecule has 0 saturated carbocycles. The summed E-state index contributed by atoms with van der Waals surface area (Å²) in [5, 5.41) is 7.76. The Kier molecular flexibility index (Phi) is 4.59. The van der Waals surface area contributed by atoms with Crippen molar-refractivity contribution in [2.75, 3.05) is 0 Å². The zero-order valence-corrected chi connectivity index (χ0v) is 10.0. The monoisotopic (exact) mass is 282 g/mol. The van der Waals surface area contributed by atoms with E-state index in [0.717, 1.165) is 13.0 Å². The SMILES string of the molecule is CC(=O)C(Cl)c1c(CO)cccc1OC(F)(F)F. The Morgan fingerprint density at radius 1 is 1.50 bits per heavy atom. The summed E-state index contributed by atoms with van der Waals surface area (Å²) in [6.07, 6.45) is -4.89. The normalized spacial score (nSPS) is 13.2. The third-order valence-corrected chi connectivity index (χ3v) is 2.69. The topological polar surface area (TPSA) is 46.5 Å². The molecule has 0 aliphatic carbocycles. The van der Waals surface area contributed by atoms with Gasteiger partial charge in [-0.05, 0) is 18.6 Å². The van der Waals surface area contributed by atoms with Gasteiger partial charge in [-0.3, -0.25) is 4.79 Å². The number of rotatable bonds is 4. The predicted molar refractivity (Wildman–Crippen MR) is 58.3 cm³/mol. The lowest BCUT2D eigenvalue weighted by atomic mass is 10.0. The van der Waals surface area contributed by atoms with Gasteiger partial charge in [0.25, 0.3) is 0 Å². The van der Waals surface area contributed by atoms with E-state index in [-0.39, 0.29) is 11.1 Å². The molecule has 0 fully saturated rings. The van der Waals surface area contributed by atoms with E-state index in [2.05, 4.69) is 4.74 Å². The predicted octanol–water partition coefficient (Wildman–Crippen LogP) is 2.95. The van der Waals surface area contributed by atoms with Gasteiger partial charge in [0.05, 0.1) is 6.61 Å². The highest BCUT2D eigenvalue weighted by atomic mass is 35.5. The van der Waals surface area contributed by atoms with Crippen LogP contribution >= 0.6 is 11.6 Å². The second-order valence-corrected chi connectivity index (χ2v) is 3.94. The largest absolute Gasteiger partial charge is 0.573 e. The van der Waals surface area contributed by atoms with E-state index in [1.54, 1.807) is 0 Å². The van der Waals surface area contributed by atoms with E-state index < -0.39 is 29.9 Å². The molecule has 100 valence electrons. The van der Waals surface area contributed by atoms with Crippen LogP contribution in [0.1, 0.15) is 23.4 Å². The number of ketones is 1. The maximum Gasteiger partial charge on any atom is 0.573 e. The number of Topliss-reactive ketones (excluding diaryl/α,β-unsaturated/α-hetero) is 1. The van der Waals surface area contributed by atoms with Crippen molar-refractivity contribution in [1.29, 1.82) is 0 Å². The Balaban J connectivity index is 3.29. The molecule has 0 amide bonds. The summed E-state index contributed by atoms with van der Waals surface area (Å²) >= 11 is 5.75. The minimum absolute atomic E-state index is 0.118. The fraction of sp³-hybridized carbons (Fsp3) is 0.364. The van der Waals surface area contributed by atoms with Gasteiger partial charge in [0.15, 0.2) is 5.78 Å². The maximum absolute atomic E-state index is 12.2. The molecule has 1 unspecified atom stereocenters. The first-order chi connectivity index (χ1) is 8.26. The molecule has 1 atom stereocenters. The number of hydrogen-bond donors (Lipinski definition) is 1.